The number of carbonyl (C=O) groups is 1. The van der Waals surface area contributed by atoms with Crippen molar-refractivity contribution in [3.05, 3.63) is 33.8 Å². The molecule has 0 unspecified atom stereocenters. The van der Waals surface area contributed by atoms with Gasteiger partial charge in [-0.3, -0.25) is 0 Å². The highest BCUT2D eigenvalue weighted by atomic mass is 79.9. The molecule has 0 atom stereocenters. The Morgan fingerprint density at radius 1 is 1.56 bits per heavy atom. The normalized spacial score (nSPS) is 10.7. The van der Waals surface area contributed by atoms with Crippen LogP contribution in [0.5, 0.6) is 5.75 Å². The topological polar surface area (TPSA) is 46.5 Å². The van der Waals surface area contributed by atoms with Gasteiger partial charge < -0.3 is 9.84 Å². The van der Waals surface area contributed by atoms with E-state index in [4.69, 9.17) is 9.84 Å². The third kappa shape index (κ3) is 3.38. The average molecular weight is 285 g/mol. The first-order valence-electron chi connectivity index (χ1n) is 4.88. The largest absolute Gasteiger partial charge is 0.493 e. The molecule has 0 radical (unpaired) electrons. The van der Waals surface area contributed by atoms with Crippen molar-refractivity contribution in [1.29, 1.82) is 0 Å². The highest BCUT2D eigenvalue weighted by Gasteiger charge is 2.06. The predicted molar refractivity (Wildman–Crippen MR) is 66.7 cm³/mol. The van der Waals surface area contributed by atoms with E-state index in [0.717, 1.165) is 27.4 Å². The summed E-state index contributed by atoms with van der Waals surface area (Å²) in [5, 5.41) is 8.59. The van der Waals surface area contributed by atoms with Crippen molar-refractivity contribution in [1.82, 2.24) is 0 Å². The van der Waals surface area contributed by atoms with Crippen molar-refractivity contribution < 1.29 is 14.6 Å². The molecule has 0 aliphatic heterocycles. The van der Waals surface area contributed by atoms with Gasteiger partial charge in [0.05, 0.1) is 6.61 Å². The minimum absolute atomic E-state index is 0.552. The summed E-state index contributed by atoms with van der Waals surface area (Å²) in [5.41, 5.74) is 1.73. The molecule has 1 rings (SSSR count). The fourth-order valence-electron chi connectivity index (χ4n) is 1.38. The van der Waals surface area contributed by atoms with Gasteiger partial charge in [-0.2, -0.15) is 0 Å². The Morgan fingerprint density at radius 3 is 2.81 bits per heavy atom. The zero-order valence-electron chi connectivity index (χ0n) is 9.16. The highest BCUT2D eigenvalue weighted by Crippen LogP contribution is 2.29. The molecular weight excluding hydrogens is 272 g/mol. The molecule has 0 aliphatic rings. The molecule has 16 heavy (non-hydrogen) atoms. The minimum Gasteiger partial charge on any atom is -0.493 e. The fraction of sp³-hybridized carbons (Fsp3) is 0.250. The maximum atomic E-state index is 10.5. The lowest BCUT2D eigenvalue weighted by molar-refractivity contribution is -0.131. The van der Waals surface area contributed by atoms with Crippen LogP contribution >= 0.6 is 15.9 Å². The Balaban J connectivity index is 3.18. The molecule has 0 fully saturated rings. The van der Waals surface area contributed by atoms with Gasteiger partial charge >= 0.3 is 5.97 Å². The van der Waals surface area contributed by atoms with Gasteiger partial charge in [-0.1, -0.05) is 15.9 Å². The molecule has 0 aliphatic carbocycles. The molecular formula is C12H13BrO3. The quantitative estimate of drug-likeness (QED) is 0.864. The maximum Gasteiger partial charge on any atom is 0.328 e. The number of hydrogen-bond donors (Lipinski definition) is 1. The van der Waals surface area contributed by atoms with Crippen LogP contribution in [-0.4, -0.2) is 17.7 Å². The molecule has 1 aromatic rings. The van der Waals surface area contributed by atoms with Gasteiger partial charge in [0, 0.05) is 16.1 Å². The third-order valence-corrected chi connectivity index (χ3v) is 2.42. The molecule has 0 bridgehead atoms. The van der Waals surface area contributed by atoms with E-state index in [-0.39, 0.29) is 0 Å². The second-order valence-electron chi connectivity index (χ2n) is 3.25. The van der Waals surface area contributed by atoms with E-state index in [2.05, 4.69) is 15.9 Å². The van der Waals surface area contributed by atoms with Gasteiger partial charge in [0.25, 0.3) is 0 Å². The summed E-state index contributed by atoms with van der Waals surface area (Å²) < 4.78 is 6.39. The second kappa shape index (κ2) is 5.70. The van der Waals surface area contributed by atoms with E-state index in [1.807, 2.05) is 26.0 Å². The lowest BCUT2D eigenvalue weighted by Crippen LogP contribution is -1.97. The van der Waals surface area contributed by atoms with E-state index in [9.17, 15) is 4.79 Å². The van der Waals surface area contributed by atoms with Crippen LogP contribution < -0.4 is 4.74 Å². The second-order valence-corrected chi connectivity index (χ2v) is 4.16. The van der Waals surface area contributed by atoms with Crippen LogP contribution in [0.2, 0.25) is 0 Å². The minimum atomic E-state index is -0.972. The standard InChI is InChI=1S/C12H13BrO3/c1-3-16-12-8(2)6-10(13)7-9(12)4-5-11(14)15/h4-7H,3H2,1-2H3,(H,14,15)/b5-4+. The van der Waals surface area contributed by atoms with Crippen LogP contribution in [0.25, 0.3) is 6.08 Å². The molecule has 0 heterocycles. The number of halogens is 1. The third-order valence-electron chi connectivity index (χ3n) is 1.96. The molecule has 0 spiro atoms. The summed E-state index contributed by atoms with van der Waals surface area (Å²) in [6.45, 7) is 4.37. The lowest BCUT2D eigenvalue weighted by atomic mass is 10.1. The first-order valence-corrected chi connectivity index (χ1v) is 5.68. The number of benzene rings is 1. The molecule has 1 N–H and O–H groups in total. The van der Waals surface area contributed by atoms with Crippen molar-refractivity contribution in [2.75, 3.05) is 6.61 Å². The van der Waals surface area contributed by atoms with Crippen molar-refractivity contribution in [2.45, 2.75) is 13.8 Å². The van der Waals surface area contributed by atoms with Crippen molar-refractivity contribution >= 4 is 28.0 Å². The number of carboxylic acids is 1. The van der Waals surface area contributed by atoms with E-state index < -0.39 is 5.97 Å². The monoisotopic (exact) mass is 284 g/mol. The van der Waals surface area contributed by atoms with Crippen LogP contribution in [0.1, 0.15) is 18.1 Å². The number of hydrogen-bond acceptors (Lipinski definition) is 2. The van der Waals surface area contributed by atoms with E-state index >= 15 is 0 Å². The van der Waals surface area contributed by atoms with Crippen LogP contribution in [0.4, 0.5) is 0 Å². The molecule has 3 nitrogen and oxygen atoms in total. The summed E-state index contributed by atoms with van der Waals surface area (Å²) >= 11 is 3.37. The predicted octanol–water partition coefficient (Wildman–Crippen LogP) is 3.25. The van der Waals surface area contributed by atoms with Gasteiger partial charge in [0.15, 0.2) is 0 Å². The summed E-state index contributed by atoms with van der Waals surface area (Å²) in [5.74, 6) is -0.247. The number of carboxylic acid groups (broad SMARTS) is 1. The van der Waals surface area contributed by atoms with Crippen LogP contribution in [-0.2, 0) is 4.79 Å². The van der Waals surface area contributed by atoms with Crippen LogP contribution in [0.3, 0.4) is 0 Å². The van der Waals surface area contributed by atoms with Gasteiger partial charge in [0.1, 0.15) is 5.75 Å². The SMILES string of the molecule is CCOc1c(C)cc(Br)cc1/C=C/C(=O)O. The van der Waals surface area contributed by atoms with E-state index in [0.29, 0.717) is 6.61 Å². The zero-order valence-corrected chi connectivity index (χ0v) is 10.7. The molecule has 0 saturated heterocycles. The molecule has 1 aromatic carbocycles. The Labute approximate surface area is 103 Å². The average Bonchev–Trinajstić information content (AvgIpc) is 2.19. The number of ether oxygens (including phenoxy) is 1. The van der Waals surface area contributed by atoms with E-state index in [1.165, 1.54) is 6.08 Å². The van der Waals surface area contributed by atoms with Crippen molar-refractivity contribution in [2.24, 2.45) is 0 Å². The molecule has 86 valence electrons. The van der Waals surface area contributed by atoms with Gasteiger partial charge in [-0.25, -0.2) is 4.79 Å². The first kappa shape index (κ1) is 12.8. The highest BCUT2D eigenvalue weighted by molar-refractivity contribution is 9.10. The molecule has 4 heteroatoms. The summed E-state index contributed by atoms with van der Waals surface area (Å²) in [7, 11) is 0. The first-order chi connectivity index (χ1) is 7.54. The maximum absolute atomic E-state index is 10.5. The zero-order chi connectivity index (χ0) is 12.1. The molecule has 0 aromatic heterocycles. The summed E-state index contributed by atoms with van der Waals surface area (Å²) in [6, 6.07) is 3.76. The van der Waals surface area contributed by atoms with E-state index in [1.54, 1.807) is 0 Å². The number of aliphatic carboxylic acids is 1. The van der Waals surface area contributed by atoms with Gasteiger partial charge in [-0.15, -0.1) is 0 Å². The smallest absolute Gasteiger partial charge is 0.328 e. The summed E-state index contributed by atoms with van der Waals surface area (Å²) in [6.07, 6.45) is 2.63. The Kier molecular flexibility index (Phi) is 4.55. The van der Waals surface area contributed by atoms with Gasteiger partial charge in [-0.05, 0) is 37.6 Å². The van der Waals surface area contributed by atoms with Crippen LogP contribution in [0, 0.1) is 6.92 Å². The lowest BCUT2D eigenvalue weighted by Gasteiger charge is -2.11. The number of aryl methyl sites for hydroxylation is 1. The Morgan fingerprint density at radius 2 is 2.25 bits per heavy atom. The van der Waals surface area contributed by atoms with Gasteiger partial charge in [0.2, 0.25) is 0 Å². The Hall–Kier alpha value is -1.29. The van der Waals surface area contributed by atoms with Crippen LogP contribution in [0.15, 0.2) is 22.7 Å². The van der Waals surface area contributed by atoms with Crippen molar-refractivity contribution in [3.63, 3.8) is 0 Å². The fourth-order valence-corrected chi connectivity index (χ4v) is 1.97. The molecule has 0 amide bonds. The van der Waals surface area contributed by atoms with Crippen molar-refractivity contribution in [3.8, 4) is 5.75 Å². The molecule has 0 saturated carbocycles. The summed E-state index contributed by atoms with van der Waals surface area (Å²) in [4.78, 5) is 10.5. The Bertz CT molecular complexity index is 425. The number of rotatable bonds is 4.